The van der Waals surface area contributed by atoms with Crippen molar-refractivity contribution in [2.24, 2.45) is 0 Å². The highest BCUT2D eigenvalue weighted by molar-refractivity contribution is 6.10. The maximum atomic E-state index is 13.1. The summed E-state index contributed by atoms with van der Waals surface area (Å²) in [7, 11) is 0. The van der Waals surface area contributed by atoms with Crippen LogP contribution < -0.4 is 11.0 Å². The van der Waals surface area contributed by atoms with Gasteiger partial charge < -0.3 is 0 Å². The molecule has 0 aliphatic rings. The molecule has 0 radical (unpaired) electrons. The van der Waals surface area contributed by atoms with Crippen LogP contribution in [0.1, 0.15) is 77.3 Å². The minimum Gasteiger partial charge on any atom is -0.288 e. The average Bonchev–Trinajstić information content (AvgIpc) is 3.34. The highest BCUT2D eigenvalue weighted by Gasteiger charge is 2.16. The molecule has 0 spiro atoms. The summed E-state index contributed by atoms with van der Waals surface area (Å²) in [5.74, 6) is -0.0519. The molecular formula is C38H40N4O3. The van der Waals surface area contributed by atoms with Gasteiger partial charge in [-0.25, -0.2) is 9.48 Å². The number of aromatic nitrogens is 3. The molecule has 0 bridgehead atoms. The molecule has 1 N–H and O–H groups in total. The Labute approximate surface area is 264 Å². The summed E-state index contributed by atoms with van der Waals surface area (Å²) in [6.07, 6.45) is 2.42. The zero-order valence-corrected chi connectivity index (χ0v) is 26.4. The molecule has 5 rings (SSSR count). The van der Waals surface area contributed by atoms with Gasteiger partial charge in [0, 0.05) is 24.1 Å². The molecule has 7 nitrogen and oxygen atoms in total. The molecule has 0 saturated heterocycles. The van der Waals surface area contributed by atoms with Crippen LogP contribution in [0, 0.1) is 0 Å². The van der Waals surface area contributed by atoms with Gasteiger partial charge in [0.15, 0.2) is 0 Å². The van der Waals surface area contributed by atoms with Crippen molar-refractivity contribution in [1.82, 2.24) is 19.7 Å². The molecule has 0 aliphatic carbocycles. The van der Waals surface area contributed by atoms with E-state index in [-0.39, 0.29) is 11.1 Å². The number of carbonyl (C=O) groups excluding carboxylic acids is 2. The number of amides is 2. The third kappa shape index (κ3) is 7.73. The number of rotatable bonds is 10. The smallest absolute Gasteiger partial charge is 0.288 e. The molecule has 1 aromatic heterocycles. The highest BCUT2D eigenvalue weighted by Crippen LogP contribution is 2.23. The fourth-order valence-electron chi connectivity index (χ4n) is 5.37. The Balaban J connectivity index is 1.19. The van der Waals surface area contributed by atoms with Gasteiger partial charge in [-0.3, -0.25) is 19.5 Å². The standard InChI is InChI=1S/C38H40N4O3/c1-5-41-34(40-42(37(41)45)26-28-19-23-33(24-20-28)38(2,3)4)16-9-11-27-17-21-29(22-18-27)31-14-10-15-32(25-31)36(44)39-35(43)30-12-7-6-8-13-30/h6-8,10,12-15,17-25H,5,9,11,16,26H2,1-4H3,(H,39,43,44). The molecule has 1 heterocycles. The van der Waals surface area contributed by atoms with E-state index in [1.54, 1.807) is 45.6 Å². The molecule has 0 saturated carbocycles. The van der Waals surface area contributed by atoms with Crippen molar-refractivity contribution in [3.8, 4) is 11.1 Å². The molecule has 45 heavy (non-hydrogen) atoms. The molecule has 4 aromatic carbocycles. The van der Waals surface area contributed by atoms with Gasteiger partial charge in [0.05, 0.1) is 6.54 Å². The molecular weight excluding hydrogens is 560 g/mol. The fraction of sp³-hybridized carbons (Fsp3) is 0.263. The van der Waals surface area contributed by atoms with Crippen molar-refractivity contribution < 1.29 is 9.59 Å². The van der Waals surface area contributed by atoms with E-state index in [1.807, 2.05) is 37.3 Å². The summed E-state index contributed by atoms with van der Waals surface area (Å²) in [5, 5.41) is 7.17. The first-order valence-electron chi connectivity index (χ1n) is 15.5. The minimum atomic E-state index is -0.436. The SMILES string of the molecule is CCn1c(CCCc2ccc(-c3cccc(C(=O)NC(=O)c4ccccc4)c3)cc2)nn(Cc2ccc(C(C)(C)C)cc2)c1=O. The second-order valence-electron chi connectivity index (χ2n) is 12.3. The van der Waals surface area contributed by atoms with Crippen molar-refractivity contribution >= 4 is 11.8 Å². The van der Waals surface area contributed by atoms with Crippen LogP contribution in [-0.2, 0) is 31.3 Å². The zero-order chi connectivity index (χ0) is 32.0. The van der Waals surface area contributed by atoms with E-state index in [9.17, 15) is 14.4 Å². The maximum Gasteiger partial charge on any atom is 0.346 e. The van der Waals surface area contributed by atoms with E-state index in [2.05, 4.69) is 62.5 Å². The summed E-state index contributed by atoms with van der Waals surface area (Å²) in [4.78, 5) is 38.2. The number of nitrogens with one attached hydrogen (secondary N) is 1. The Morgan fingerprint density at radius 2 is 1.38 bits per heavy atom. The molecule has 0 atom stereocenters. The lowest BCUT2D eigenvalue weighted by atomic mass is 9.87. The first-order chi connectivity index (χ1) is 21.6. The van der Waals surface area contributed by atoms with Crippen LogP contribution in [0.25, 0.3) is 11.1 Å². The lowest BCUT2D eigenvalue weighted by molar-refractivity contribution is 0.0849. The number of nitrogens with zero attached hydrogens (tertiary/aromatic N) is 3. The first-order valence-corrected chi connectivity index (χ1v) is 15.5. The minimum absolute atomic E-state index is 0.0721. The summed E-state index contributed by atoms with van der Waals surface area (Å²) >= 11 is 0. The lowest BCUT2D eigenvalue weighted by Gasteiger charge is -2.19. The van der Waals surface area contributed by atoms with E-state index in [1.165, 1.54) is 11.1 Å². The molecule has 5 aromatic rings. The van der Waals surface area contributed by atoms with Crippen LogP contribution >= 0.6 is 0 Å². The van der Waals surface area contributed by atoms with E-state index < -0.39 is 11.8 Å². The predicted octanol–water partition coefficient (Wildman–Crippen LogP) is 6.82. The Morgan fingerprint density at radius 1 is 0.733 bits per heavy atom. The Morgan fingerprint density at radius 3 is 2.04 bits per heavy atom. The third-order valence-electron chi connectivity index (χ3n) is 8.01. The molecule has 7 heteroatoms. The third-order valence-corrected chi connectivity index (χ3v) is 8.01. The maximum absolute atomic E-state index is 13.1. The van der Waals surface area contributed by atoms with Crippen molar-refractivity contribution in [2.45, 2.75) is 65.5 Å². The van der Waals surface area contributed by atoms with Gasteiger partial charge in [-0.05, 0) is 77.3 Å². The fourth-order valence-corrected chi connectivity index (χ4v) is 5.37. The lowest BCUT2D eigenvalue weighted by Crippen LogP contribution is -2.30. The predicted molar refractivity (Wildman–Crippen MR) is 179 cm³/mol. The van der Waals surface area contributed by atoms with Crippen LogP contribution in [0.3, 0.4) is 0 Å². The van der Waals surface area contributed by atoms with Gasteiger partial charge in [0.1, 0.15) is 5.82 Å². The quantitative estimate of drug-likeness (QED) is 0.178. The van der Waals surface area contributed by atoms with Gasteiger partial charge >= 0.3 is 5.69 Å². The van der Waals surface area contributed by atoms with Crippen LogP contribution in [0.2, 0.25) is 0 Å². The van der Waals surface area contributed by atoms with Crippen molar-refractivity contribution in [3.05, 3.63) is 147 Å². The summed E-state index contributed by atoms with van der Waals surface area (Å²) in [6.45, 7) is 9.59. The van der Waals surface area contributed by atoms with Crippen molar-refractivity contribution in [1.29, 1.82) is 0 Å². The molecule has 0 aliphatic heterocycles. The highest BCUT2D eigenvalue weighted by atomic mass is 16.2. The molecule has 0 fully saturated rings. The molecule has 0 unspecified atom stereocenters. The topological polar surface area (TPSA) is 86.0 Å². The van der Waals surface area contributed by atoms with Crippen molar-refractivity contribution in [2.75, 3.05) is 0 Å². The van der Waals surface area contributed by atoms with Gasteiger partial charge in [-0.15, -0.1) is 0 Å². The molecule has 230 valence electrons. The second-order valence-corrected chi connectivity index (χ2v) is 12.3. The number of hydrogen-bond donors (Lipinski definition) is 1. The van der Waals surface area contributed by atoms with E-state index in [4.69, 9.17) is 5.10 Å². The van der Waals surface area contributed by atoms with Gasteiger partial charge in [0.2, 0.25) is 0 Å². The van der Waals surface area contributed by atoms with Crippen LogP contribution in [0.4, 0.5) is 0 Å². The normalized spacial score (nSPS) is 11.4. The van der Waals surface area contributed by atoms with E-state index in [0.29, 0.717) is 30.6 Å². The first kappa shape index (κ1) is 31.4. The summed E-state index contributed by atoms with van der Waals surface area (Å²) < 4.78 is 3.34. The van der Waals surface area contributed by atoms with Gasteiger partial charge in [-0.1, -0.05) is 99.6 Å². The van der Waals surface area contributed by atoms with Gasteiger partial charge in [-0.2, -0.15) is 5.10 Å². The average molecular weight is 601 g/mol. The summed E-state index contributed by atoms with van der Waals surface area (Å²) in [6, 6.07) is 32.6. The number of aryl methyl sites for hydroxylation is 2. The Hall–Kier alpha value is -5.04. The van der Waals surface area contributed by atoms with Gasteiger partial charge in [0.25, 0.3) is 11.8 Å². The van der Waals surface area contributed by atoms with Crippen LogP contribution in [0.5, 0.6) is 0 Å². The molecule has 2 amide bonds. The summed E-state index contributed by atoms with van der Waals surface area (Å²) in [5.41, 5.74) is 6.26. The number of imide groups is 1. The van der Waals surface area contributed by atoms with Crippen LogP contribution in [-0.4, -0.2) is 26.2 Å². The Kier molecular flexibility index (Phi) is 9.57. The zero-order valence-electron chi connectivity index (χ0n) is 26.4. The van der Waals surface area contributed by atoms with Crippen LogP contribution in [0.15, 0.2) is 108 Å². The number of benzene rings is 4. The van der Waals surface area contributed by atoms with Crippen molar-refractivity contribution in [3.63, 3.8) is 0 Å². The number of carbonyl (C=O) groups is 2. The number of hydrogen-bond acceptors (Lipinski definition) is 4. The Bertz CT molecular complexity index is 1830. The largest absolute Gasteiger partial charge is 0.346 e. The van der Waals surface area contributed by atoms with E-state index >= 15 is 0 Å². The second kappa shape index (κ2) is 13.7. The van der Waals surface area contributed by atoms with E-state index in [0.717, 1.165) is 35.4 Å². The monoisotopic (exact) mass is 600 g/mol.